The average molecular weight is 623 g/mol. The molecule has 0 aliphatic rings. The number of unbranched alkanes of at least 4 members (excludes halogenated alkanes) is 9. The number of hydrogen-bond acceptors (Lipinski definition) is 9. The molecule has 0 spiro atoms. The van der Waals surface area contributed by atoms with Crippen LogP contribution < -0.4 is 10.2 Å². The minimum absolute atomic E-state index is 0.00902. The molecule has 0 saturated heterocycles. The molecular weight excluding hydrogens is 580 g/mol. The fourth-order valence-electron chi connectivity index (χ4n) is 5.04. The van der Waals surface area contributed by atoms with Crippen molar-refractivity contribution in [3.8, 4) is 17.1 Å². The van der Waals surface area contributed by atoms with Crippen molar-refractivity contribution in [1.82, 2.24) is 10.1 Å². The van der Waals surface area contributed by atoms with E-state index in [0.29, 0.717) is 40.7 Å². The van der Waals surface area contributed by atoms with Crippen LogP contribution >= 0.6 is 0 Å². The van der Waals surface area contributed by atoms with E-state index in [1.54, 1.807) is 48.5 Å². The van der Waals surface area contributed by atoms with Crippen molar-refractivity contribution >= 4 is 38.0 Å². The highest BCUT2D eigenvalue weighted by atomic mass is 32.2. The quantitative estimate of drug-likeness (QED) is 0.0541. The molecule has 0 saturated carbocycles. The Labute approximate surface area is 259 Å². The van der Waals surface area contributed by atoms with E-state index < -0.39 is 15.8 Å². The number of ketones is 1. The van der Waals surface area contributed by atoms with Crippen molar-refractivity contribution in [2.24, 2.45) is 0 Å². The second kappa shape index (κ2) is 16.2. The summed E-state index contributed by atoms with van der Waals surface area (Å²) in [4.78, 5) is 22.7. The van der Waals surface area contributed by atoms with Crippen LogP contribution in [-0.4, -0.2) is 41.8 Å². The molecular formula is C33H42N4O6S. The summed E-state index contributed by atoms with van der Waals surface area (Å²) >= 11 is 0. The zero-order valence-corrected chi connectivity index (χ0v) is 26.3. The topological polar surface area (TPSA) is 144 Å². The highest BCUT2D eigenvalue weighted by Gasteiger charge is 2.23. The smallest absolute Gasteiger partial charge is 0.299 e. The van der Waals surface area contributed by atoms with E-state index in [-0.39, 0.29) is 28.8 Å². The first kappa shape index (κ1) is 32.9. The Kier molecular flexibility index (Phi) is 12.1. The second-order valence-electron chi connectivity index (χ2n) is 10.8. The van der Waals surface area contributed by atoms with Crippen molar-refractivity contribution in [2.45, 2.75) is 78.1 Å². The van der Waals surface area contributed by atoms with Gasteiger partial charge in [0, 0.05) is 22.0 Å². The minimum Gasteiger partial charge on any atom is -0.507 e. The molecule has 1 aromatic heterocycles. The van der Waals surface area contributed by atoms with E-state index in [0.717, 1.165) is 19.3 Å². The number of carbonyl (C=O) groups excluding carboxylic acids is 1. The standard InChI is InChI=1S/C33H42N4O6S/c1-3-5-6-7-8-9-10-11-12-13-22-44(40,41)37-25-17-14-16-24(23-25)32-34-33(43-36-32)31(39)28-21-20-26-27(30(28)38)18-15-19-29(26)35-42-4-2/h14-21,23,35,37-38H,3-13,22H2,1-2H3. The Morgan fingerprint density at radius 2 is 1.59 bits per heavy atom. The molecule has 0 bridgehead atoms. The van der Waals surface area contributed by atoms with Crippen LogP contribution in [0.1, 0.15) is 94.3 Å². The molecule has 0 aliphatic heterocycles. The van der Waals surface area contributed by atoms with Gasteiger partial charge in [0.05, 0.1) is 23.6 Å². The van der Waals surface area contributed by atoms with Gasteiger partial charge in [-0.2, -0.15) is 4.98 Å². The summed E-state index contributed by atoms with van der Waals surface area (Å²) in [5, 5.41) is 16.0. The number of fused-ring (bicyclic) bond motifs is 1. The number of nitrogens with zero attached hydrogens (tertiary/aromatic N) is 2. The van der Waals surface area contributed by atoms with Crippen LogP contribution in [0.15, 0.2) is 59.1 Å². The molecule has 3 N–H and O–H groups in total. The first-order valence-corrected chi connectivity index (χ1v) is 17.1. The van der Waals surface area contributed by atoms with Gasteiger partial charge in [-0.05, 0) is 37.6 Å². The van der Waals surface area contributed by atoms with E-state index in [4.69, 9.17) is 9.36 Å². The maximum Gasteiger partial charge on any atom is 0.299 e. The van der Waals surface area contributed by atoms with Gasteiger partial charge in [0.25, 0.3) is 11.7 Å². The zero-order valence-electron chi connectivity index (χ0n) is 25.5. The first-order valence-electron chi connectivity index (χ1n) is 15.4. The van der Waals surface area contributed by atoms with Gasteiger partial charge in [-0.3, -0.25) is 19.8 Å². The molecule has 4 aromatic rings. The van der Waals surface area contributed by atoms with Gasteiger partial charge >= 0.3 is 0 Å². The molecule has 0 amide bonds. The Bertz CT molecular complexity index is 1640. The lowest BCUT2D eigenvalue weighted by Gasteiger charge is -2.11. The van der Waals surface area contributed by atoms with Gasteiger partial charge < -0.3 is 9.63 Å². The monoisotopic (exact) mass is 622 g/mol. The zero-order chi connectivity index (χ0) is 31.4. The van der Waals surface area contributed by atoms with E-state index >= 15 is 0 Å². The number of hydrogen-bond donors (Lipinski definition) is 3. The number of rotatable bonds is 19. The van der Waals surface area contributed by atoms with Crippen LogP contribution in [-0.2, 0) is 14.9 Å². The van der Waals surface area contributed by atoms with Gasteiger partial charge in [-0.25, -0.2) is 8.42 Å². The number of phenolic OH excluding ortho intramolecular Hbond substituents is 1. The summed E-state index contributed by atoms with van der Waals surface area (Å²) < 4.78 is 33.3. The predicted octanol–water partition coefficient (Wildman–Crippen LogP) is 7.85. The maximum absolute atomic E-state index is 13.2. The molecule has 0 atom stereocenters. The van der Waals surface area contributed by atoms with Crippen LogP contribution in [0, 0.1) is 0 Å². The average Bonchev–Trinajstić information content (AvgIpc) is 3.51. The number of nitrogens with one attached hydrogen (secondary N) is 2. The lowest BCUT2D eigenvalue weighted by Crippen LogP contribution is -2.16. The van der Waals surface area contributed by atoms with Gasteiger partial charge in [-0.15, -0.1) is 0 Å². The third kappa shape index (κ3) is 9.03. The fraction of sp³-hybridized carbons (Fsp3) is 0.424. The fourth-order valence-corrected chi connectivity index (χ4v) is 6.22. The molecule has 3 aromatic carbocycles. The predicted molar refractivity (Wildman–Crippen MR) is 173 cm³/mol. The summed E-state index contributed by atoms with van der Waals surface area (Å²) in [5.41, 5.74) is 4.34. The molecule has 0 fully saturated rings. The largest absolute Gasteiger partial charge is 0.507 e. The first-order chi connectivity index (χ1) is 21.3. The Morgan fingerprint density at radius 1 is 0.886 bits per heavy atom. The van der Waals surface area contributed by atoms with Gasteiger partial charge in [-0.1, -0.05) is 100 Å². The maximum atomic E-state index is 13.2. The third-order valence-electron chi connectivity index (χ3n) is 7.39. The van der Waals surface area contributed by atoms with Crippen LogP contribution in [0.4, 0.5) is 11.4 Å². The van der Waals surface area contributed by atoms with Crippen molar-refractivity contribution in [1.29, 1.82) is 0 Å². The van der Waals surface area contributed by atoms with E-state index in [9.17, 15) is 18.3 Å². The molecule has 0 unspecified atom stereocenters. The molecule has 1 heterocycles. The van der Waals surface area contributed by atoms with Crippen molar-refractivity contribution in [3.63, 3.8) is 0 Å². The van der Waals surface area contributed by atoms with Crippen molar-refractivity contribution < 1.29 is 27.7 Å². The SMILES string of the molecule is CCCCCCCCCCCCS(=O)(=O)Nc1cccc(-c2noc(C(=O)c3ccc4c(NOCC)cccc4c3O)n2)c1. The van der Waals surface area contributed by atoms with E-state index in [2.05, 4.69) is 27.3 Å². The van der Waals surface area contributed by atoms with E-state index in [1.807, 2.05) is 6.92 Å². The number of sulfonamides is 1. The highest BCUT2D eigenvalue weighted by Crippen LogP contribution is 2.34. The number of anilines is 2. The number of aromatic nitrogens is 2. The summed E-state index contributed by atoms with van der Waals surface area (Å²) in [6.07, 6.45) is 11.3. The Morgan fingerprint density at radius 3 is 2.32 bits per heavy atom. The summed E-state index contributed by atoms with van der Waals surface area (Å²) in [6, 6.07) is 15.0. The molecule has 44 heavy (non-hydrogen) atoms. The number of phenols is 1. The Balaban J connectivity index is 1.35. The number of carbonyl (C=O) groups is 1. The van der Waals surface area contributed by atoms with Crippen LogP contribution in [0.3, 0.4) is 0 Å². The van der Waals surface area contributed by atoms with Crippen LogP contribution in [0.5, 0.6) is 5.75 Å². The molecule has 11 heteroatoms. The molecule has 236 valence electrons. The summed E-state index contributed by atoms with van der Waals surface area (Å²) in [6.45, 7) is 4.51. The highest BCUT2D eigenvalue weighted by molar-refractivity contribution is 7.92. The van der Waals surface area contributed by atoms with Crippen LogP contribution in [0.2, 0.25) is 0 Å². The minimum atomic E-state index is -3.53. The van der Waals surface area contributed by atoms with Crippen molar-refractivity contribution in [2.75, 3.05) is 22.6 Å². The number of benzene rings is 3. The van der Waals surface area contributed by atoms with Gasteiger partial charge in [0.2, 0.25) is 15.8 Å². The molecule has 10 nitrogen and oxygen atoms in total. The summed E-state index contributed by atoms with van der Waals surface area (Å²) in [7, 11) is -3.53. The normalized spacial score (nSPS) is 11.6. The van der Waals surface area contributed by atoms with Crippen LogP contribution in [0.25, 0.3) is 22.2 Å². The van der Waals surface area contributed by atoms with Crippen molar-refractivity contribution in [3.05, 3.63) is 66.1 Å². The lowest BCUT2D eigenvalue weighted by atomic mass is 10.0. The lowest BCUT2D eigenvalue weighted by molar-refractivity contribution is 0.0991. The van der Waals surface area contributed by atoms with E-state index in [1.165, 1.54) is 44.6 Å². The molecule has 4 rings (SSSR count). The summed E-state index contributed by atoms with van der Waals surface area (Å²) in [5.74, 6) is -0.990. The molecule has 0 aliphatic carbocycles. The third-order valence-corrected chi connectivity index (χ3v) is 8.76. The van der Waals surface area contributed by atoms with Gasteiger partial charge in [0.15, 0.2) is 0 Å². The second-order valence-corrected chi connectivity index (χ2v) is 12.7. The van der Waals surface area contributed by atoms with Gasteiger partial charge in [0.1, 0.15) is 5.75 Å². The molecule has 0 radical (unpaired) electrons. The number of aromatic hydroxyl groups is 1. The Hall–Kier alpha value is -3.96.